The highest BCUT2D eigenvalue weighted by Crippen LogP contribution is 2.55. The smallest absolute Gasteiger partial charge is 0.329 e. The van der Waals surface area contributed by atoms with E-state index in [-0.39, 0.29) is 24.9 Å². The Morgan fingerprint density at radius 1 is 1.00 bits per heavy atom. The molecule has 31 heavy (non-hydrogen) atoms. The Balaban J connectivity index is 1.30. The number of imidazole rings is 1. The van der Waals surface area contributed by atoms with Gasteiger partial charge in [-0.25, -0.2) is 4.79 Å². The number of fused-ring (bicyclic) bond motifs is 1. The first kappa shape index (κ1) is 21.2. The van der Waals surface area contributed by atoms with Crippen LogP contribution in [0.15, 0.2) is 29.1 Å². The van der Waals surface area contributed by atoms with Crippen LogP contribution in [-0.4, -0.2) is 56.6 Å². The number of aliphatic hydroxyl groups excluding tert-OH is 2. The molecule has 6 nitrogen and oxygen atoms in total. The molecule has 2 aliphatic carbocycles. The molecule has 2 saturated carbocycles. The van der Waals surface area contributed by atoms with E-state index in [4.69, 9.17) is 0 Å². The molecule has 1 aromatic carbocycles. The third-order valence-electron chi connectivity index (χ3n) is 8.57. The Bertz CT molecular complexity index is 953. The topological polar surface area (TPSA) is 70.6 Å². The van der Waals surface area contributed by atoms with Gasteiger partial charge >= 0.3 is 5.69 Å². The Morgan fingerprint density at radius 2 is 1.71 bits per heavy atom. The normalized spacial score (nSPS) is 25.7. The van der Waals surface area contributed by atoms with Crippen LogP contribution < -0.4 is 5.69 Å². The highest BCUT2D eigenvalue weighted by atomic mass is 16.3. The second kappa shape index (κ2) is 8.72. The van der Waals surface area contributed by atoms with Crippen molar-refractivity contribution in [2.24, 2.45) is 11.3 Å². The quantitative estimate of drug-likeness (QED) is 0.743. The molecule has 6 heteroatoms. The summed E-state index contributed by atoms with van der Waals surface area (Å²) < 4.78 is 3.58. The zero-order valence-electron chi connectivity index (χ0n) is 18.6. The maximum Gasteiger partial charge on any atom is 0.329 e. The third-order valence-corrected chi connectivity index (χ3v) is 8.57. The van der Waals surface area contributed by atoms with Gasteiger partial charge in [-0.05, 0) is 62.0 Å². The van der Waals surface area contributed by atoms with E-state index in [0.29, 0.717) is 5.41 Å². The summed E-state index contributed by atoms with van der Waals surface area (Å²) in [7, 11) is 0. The SMILES string of the molecule is O=c1n(C[C@@H](O)CO)c2ccccc2n1C1CCN(C[C@@H]2CCCCC23CCC3)CC1. The van der Waals surface area contributed by atoms with Gasteiger partial charge in [0.2, 0.25) is 0 Å². The summed E-state index contributed by atoms with van der Waals surface area (Å²) in [6.07, 6.45) is 11.1. The number of aliphatic hydroxyl groups is 2. The lowest BCUT2D eigenvalue weighted by Gasteiger charge is -2.52. The number of rotatable bonds is 6. The standard InChI is InChI=1S/C25H37N3O3/c29-18-21(30)17-27-22-7-1-2-8-23(22)28(24(27)31)20-9-14-26(15-10-20)16-19-6-3-4-11-25(19)12-5-13-25/h1-2,7-8,19-21,29-30H,3-6,9-18H2/t19-,21+/m0/s1. The second-order valence-corrected chi connectivity index (χ2v) is 10.3. The van der Waals surface area contributed by atoms with Crippen LogP contribution in [0.1, 0.15) is 63.8 Å². The molecule has 1 aromatic heterocycles. The number of hydrogen-bond acceptors (Lipinski definition) is 4. The Labute approximate surface area is 184 Å². The molecule has 2 heterocycles. The Kier molecular flexibility index (Phi) is 5.97. The van der Waals surface area contributed by atoms with Crippen molar-refractivity contribution in [1.82, 2.24) is 14.0 Å². The molecule has 1 aliphatic heterocycles. The van der Waals surface area contributed by atoms with Gasteiger partial charge in [-0.15, -0.1) is 0 Å². The van der Waals surface area contributed by atoms with Crippen LogP contribution in [0, 0.1) is 11.3 Å². The van der Waals surface area contributed by atoms with Crippen LogP contribution in [0.2, 0.25) is 0 Å². The fourth-order valence-corrected chi connectivity index (χ4v) is 6.65. The summed E-state index contributed by atoms with van der Waals surface area (Å²) in [6.45, 7) is 3.15. The highest BCUT2D eigenvalue weighted by Gasteiger charge is 2.45. The average Bonchev–Trinajstić information content (AvgIpc) is 3.05. The summed E-state index contributed by atoms with van der Waals surface area (Å²) in [6, 6.07) is 8.05. The first-order chi connectivity index (χ1) is 15.1. The Morgan fingerprint density at radius 3 is 2.39 bits per heavy atom. The number of hydrogen-bond donors (Lipinski definition) is 2. The predicted octanol–water partition coefficient (Wildman–Crippen LogP) is 3.15. The number of likely N-dealkylation sites (tertiary alicyclic amines) is 1. The lowest BCUT2D eigenvalue weighted by atomic mass is 9.55. The molecular formula is C25H37N3O3. The number of aromatic nitrogens is 2. The molecule has 2 N–H and O–H groups in total. The zero-order chi connectivity index (χ0) is 21.4. The van der Waals surface area contributed by atoms with E-state index >= 15 is 0 Å². The van der Waals surface area contributed by atoms with Gasteiger partial charge in [0, 0.05) is 25.7 Å². The third kappa shape index (κ3) is 3.87. The highest BCUT2D eigenvalue weighted by molar-refractivity contribution is 5.76. The minimum Gasteiger partial charge on any atom is -0.394 e. The molecule has 0 bridgehead atoms. The number of nitrogens with zero attached hydrogens (tertiary/aromatic N) is 3. The van der Waals surface area contributed by atoms with Gasteiger partial charge in [0.05, 0.1) is 30.3 Å². The van der Waals surface area contributed by atoms with Crippen molar-refractivity contribution >= 4 is 11.0 Å². The molecule has 1 spiro atoms. The summed E-state index contributed by atoms with van der Waals surface area (Å²) in [4.78, 5) is 15.9. The number of benzene rings is 1. The van der Waals surface area contributed by atoms with Crippen molar-refractivity contribution in [1.29, 1.82) is 0 Å². The van der Waals surface area contributed by atoms with Crippen molar-refractivity contribution in [3.8, 4) is 0 Å². The van der Waals surface area contributed by atoms with Crippen molar-refractivity contribution < 1.29 is 10.2 Å². The van der Waals surface area contributed by atoms with Crippen molar-refractivity contribution in [2.75, 3.05) is 26.2 Å². The second-order valence-electron chi connectivity index (χ2n) is 10.3. The van der Waals surface area contributed by atoms with Gasteiger partial charge < -0.3 is 15.1 Å². The molecular weight excluding hydrogens is 390 g/mol. The number of piperidine rings is 1. The number of para-hydroxylation sites is 2. The summed E-state index contributed by atoms with van der Waals surface area (Å²) in [5.41, 5.74) is 2.38. The van der Waals surface area contributed by atoms with Gasteiger partial charge in [-0.3, -0.25) is 9.13 Å². The average molecular weight is 428 g/mol. The molecule has 2 atom stereocenters. The first-order valence-corrected chi connectivity index (χ1v) is 12.3. The van der Waals surface area contributed by atoms with Gasteiger partial charge in [0.1, 0.15) is 0 Å². The largest absolute Gasteiger partial charge is 0.394 e. The van der Waals surface area contributed by atoms with Gasteiger partial charge in [-0.2, -0.15) is 0 Å². The zero-order valence-corrected chi connectivity index (χ0v) is 18.6. The molecule has 3 fully saturated rings. The fraction of sp³-hybridized carbons (Fsp3) is 0.720. The molecule has 3 aliphatic rings. The van der Waals surface area contributed by atoms with E-state index in [0.717, 1.165) is 42.9 Å². The fourth-order valence-electron chi connectivity index (χ4n) is 6.65. The lowest BCUT2D eigenvalue weighted by molar-refractivity contribution is -0.0163. The van der Waals surface area contributed by atoms with Gasteiger partial charge in [-0.1, -0.05) is 31.4 Å². The van der Waals surface area contributed by atoms with Gasteiger partial charge in [0.25, 0.3) is 0 Å². The van der Waals surface area contributed by atoms with E-state index in [9.17, 15) is 15.0 Å². The van der Waals surface area contributed by atoms with Crippen molar-refractivity contribution in [3.63, 3.8) is 0 Å². The van der Waals surface area contributed by atoms with E-state index < -0.39 is 6.10 Å². The van der Waals surface area contributed by atoms with Gasteiger partial charge in [0.15, 0.2) is 0 Å². The van der Waals surface area contributed by atoms with Crippen LogP contribution in [0.4, 0.5) is 0 Å². The molecule has 1 saturated heterocycles. The van der Waals surface area contributed by atoms with Crippen molar-refractivity contribution in [3.05, 3.63) is 34.7 Å². The molecule has 0 amide bonds. The minimum atomic E-state index is -0.923. The summed E-state index contributed by atoms with van der Waals surface area (Å²) >= 11 is 0. The van der Waals surface area contributed by atoms with Crippen molar-refractivity contribution in [2.45, 2.75) is 76.5 Å². The van der Waals surface area contributed by atoms with E-state index in [2.05, 4.69) is 4.90 Å². The maximum absolute atomic E-state index is 13.3. The van der Waals surface area contributed by atoms with E-state index in [1.54, 1.807) is 4.57 Å². The van der Waals surface area contributed by atoms with Crippen LogP contribution in [0.5, 0.6) is 0 Å². The van der Waals surface area contributed by atoms with Crippen LogP contribution >= 0.6 is 0 Å². The molecule has 170 valence electrons. The van der Waals surface area contributed by atoms with E-state index in [1.807, 2.05) is 28.8 Å². The van der Waals surface area contributed by atoms with Crippen LogP contribution in [0.3, 0.4) is 0 Å². The molecule has 2 aromatic rings. The summed E-state index contributed by atoms with van der Waals surface area (Å²) in [5.74, 6) is 0.871. The lowest BCUT2D eigenvalue weighted by Crippen LogP contribution is -2.47. The first-order valence-electron chi connectivity index (χ1n) is 12.3. The van der Waals surface area contributed by atoms with E-state index in [1.165, 1.54) is 51.5 Å². The molecule has 0 radical (unpaired) electrons. The molecule has 0 unspecified atom stereocenters. The van der Waals surface area contributed by atoms with Crippen LogP contribution in [0.25, 0.3) is 11.0 Å². The predicted molar refractivity (Wildman–Crippen MR) is 122 cm³/mol. The maximum atomic E-state index is 13.3. The minimum absolute atomic E-state index is 0.0622. The molecule has 5 rings (SSSR count). The summed E-state index contributed by atoms with van der Waals surface area (Å²) in [5, 5.41) is 19.2. The Hall–Kier alpha value is -1.63. The monoisotopic (exact) mass is 427 g/mol. The van der Waals surface area contributed by atoms with Crippen LogP contribution in [-0.2, 0) is 6.54 Å².